The van der Waals surface area contributed by atoms with Crippen LogP contribution < -0.4 is 0 Å². The third-order valence-electron chi connectivity index (χ3n) is 4.39. The van der Waals surface area contributed by atoms with Gasteiger partial charge in [0, 0.05) is 12.6 Å². The average molecular weight is 252 g/mol. The van der Waals surface area contributed by atoms with Gasteiger partial charge < -0.3 is 10.0 Å². The monoisotopic (exact) mass is 251 g/mol. The summed E-state index contributed by atoms with van der Waals surface area (Å²) < 4.78 is 0. The van der Waals surface area contributed by atoms with Gasteiger partial charge in [-0.1, -0.05) is 18.0 Å². The maximum atomic E-state index is 9.81. The molecule has 3 heteroatoms. The molecule has 1 aliphatic heterocycles. The Hall–Kier alpha value is -0.730. The number of phenolic OH excluding ortho intramolecular Hbond substituents is 1. The zero-order valence-corrected chi connectivity index (χ0v) is 10.9. The van der Waals surface area contributed by atoms with E-state index in [1.807, 2.05) is 12.1 Å². The molecule has 1 heterocycles. The Kier molecular flexibility index (Phi) is 2.80. The number of benzene rings is 1. The minimum absolute atomic E-state index is 0.237. The van der Waals surface area contributed by atoms with Crippen molar-refractivity contribution < 1.29 is 5.11 Å². The van der Waals surface area contributed by atoms with E-state index in [2.05, 4.69) is 11.9 Å². The van der Waals surface area contributed by atoms with Crippen molar-refractivity contribution in [2.75, 3.05) is 13.6 Å². The number of likely N-dealkylation sites (N-methyl/N-ethyl adjacent to an activating group) is 1. The summed E-state index contributed by atoms with van der Waals surface area (Å²) in [7, 11) is 2.22. The Morgan fingerprint density at radius 2 is 2.18 bits per heavy atom. The Morgan fingerprint density at radius 1 is 1.35 bits per heavy atom. The Morgan fingerprint density at radius 3 is 3.00 bits per heavy atom. The van der Waals surface area contributed by atoms with E-state index in [9.17, 15) is 5.11 Å². The van der Waals surface area contributed by atoms with Crippen molar-refractivity contribution in [3.8, 4) is 5.75 Å². The van der Waals surface area contributed by atoms with Crippen molar-refractivity contribution in [2.24, 2.45) is 0 Å². The van der Waals surface area contributed by atoms with Crippen LogP contribution in [-0.2, 0) is 6.42 Å². The molecule has 0 amide bonds. The highest BCUT2D eigenvalue weighted by Crippen LogP contribution is 2.43. The lowest BCUT2D eigenvalue weighted by molar-refractivity contribution is 0.239. The van der Waals surface area contributed by atoms with Gasteiger partial charge in [-0.3, -0.25) is 0 Å². The van der Waals surface area contributed by atoms with Gasteiger partial charge in [-0.2, -0.15) is 0 Å². The van der Waals surface area contributed by atoms with E-state index in [1.54, 1.807) is 0 Å². The Balaban J connectivity index is 2.09. The molecule has 2 unspecified atom stereocenters. The van der Waals surface area contributed by atoms with Gasteiger partial charge >= 0.3 is 0 Å². The summed E-state index contributed by atoms with van der Waals surface area (Å²) in [6, 6.07) is 4.51. The number of hydrogen-bond donors (Lipinski definition) is 1. The molecule has 1 saturated carbocycles. The van der Waals surface area contributed by atoms with Gasteiger partial charge in [0.15, 0.2) is 0 Å². The summed E-state index contributed by atoms with van der Waals surface area (Å²) in [5.41, 5.74) is 2.66. The minimum Gasteiger partial charge on any atom is -0.506 e. The molecule has 2 aliphatic rings. The van der Waals surface area contributed by atoms with Crippen molar-refractivity contribution in [1.82, 2.24) is 4.90 Å². The van der Waals surface area contributed by atoms with Crippen LogP contribution in [0.4, 0.5) is 0 Å². The number of hydrogen-bond acceptors (Lipinski definition) is 2. The van der Waals surface area contributed by atoms with Crippen molar-refractivity contribution in [1.29, 1.82) is 0 Å². The molecule has 0 bridgehead atoms. The van der Waals surface area contributed by atoms with E-state index < -0.39 is 0 Å². The molecular formula is C14H18ClNO. The van der Waals surface area contributed by atoms with Crippen LogP contribution in [0.15, 0.2) is 12.1 Å². The average Bonchev–Trinajstić information content (AvgIpc) is 2.74. The molecule has 1 N–H and O–H groups in total. The Bertz CT molecular complexity index is 446. The van der Waals surface area contributed by atoms with Crippen LogP contribution in [0.25, 0.3) is 0 Å². The second kappa shape index (κ2) is 4.18. The fourth-order valence-corrected chi connectivity index (χ4v) is 3.66. The molecule has 1 fully saturated rings. The topological polar surface area (TPSA) is 23.5 Å². The highest BCUT2D eigenvalue weighted by molar-refractivity contribution is 6.32. The molecule has 0 spiro atoms. The summed E-state index contributed by atoms with van der Waals surface area (Å²) in [5.74, 6) is 0.821. The molecule has 92 valence electrons. The first-order chi connectivity index (χ1) is 8.16. The number of nitrogens with zero attached hydrogens (tertiary/aromatic N) is 1. The van der Waals surface area contributed by atoms with E-state index in [4.69, 9.17) is 11.6 Å². The molecule has 2 atom stereocenters. The summed E-state index contributed by atoms with van der Waals surface area (Å²) >= 11 is 6.01. The highest BCUT2D eigenvalue weighted by Gasteiger charge is 2.35. The standard InChI is InChI=1S/C14H18ClNO/c1-16-6-5-9-7-12(15)14(17)8-11(9)10-3-2-4-13(10)16/h7-8,10,13,17H,2-6H2,1H3. The van der Waals surface area contributed by atoms with Gasteiger partial charge in [-0.05, 0) is 55.5 Å². The second-order valence-corrected chi connectivity index (χ2v) is 5.74. The van der Waals surface area contributed by atoms with E-state index in [1.165, 1.54) is 30.4 Å². The van der Waals surface area contributed by atoms with Crippen LogP contribution in [0.5, 0.6) is 5.75 Å². The van der Waals surface area contributed by atoms with Crippen LogP contribution in [0.2, 0.25) is 5.02 Å². The second-order valence-electron chi connectivity index (χ2n) is 5.34. The van der Waals surface area contributed by atoms with Gasteiger partial charge in [-0.25, -0.2) is 0 Å². The molecule has 1 aromatic rings. The first-order valence-electron chi connectivity index (χ1n) is 6.38. The molecule has 1 aliphatic carbocycles. The number of halogens is 1. The molecule has 2 nitrogen and oxygen atoms in total. The maximum Gasteiger partial charge on any atom is 0.134 e. The van der Waals surface area contributed by atoms with Gasteiger partial charge in [0.05, 0.1) is 5.02 Å². The van der Waals surface area contributed by atoms with Crippen molar-refractivity contribution in [3.05, 3.63) is 28.3 Å². The third kappa shape index (κ3) is 1.84. The summed E-state index contributed by atoms with van der Waals surface area (Å²) in [6.45, 7) is 1.09. The predicted octanol–water partition coefficient (Wildman–Crippen LogP) is 3.17. The maximum absolute atomic E-state index is 9.81. The number of aromatic hydroxyl groups is 1. The van der Waals surface area contributed by atoms with E-state index in [0.29, 0.717) is 17.0 Å². The van der Waals surface area contributed by atoms with Crippen molar-refractivity contribution in [3.63, 3.8) is 0 Å². The molecule has 1 aromatic carbocycles. The summed E-state index contributed by atoms with van der Waals surface area (Å²) in [6.07, 6.45) is 4.86. The number of rotatable bonds is 0. The lowest BCUT2D eigenvalue weighted by Gasteiger charge is -2.27. The molecule has 0 radical (unpaired) electrons. The van der Waals surface area contributed by atoms with E-state index >= 15 is 0 Å². The number of phenols is 1. The molecular weight excluding hydrogens is 234 g/mol. The first-order valence-corrected chi connectivity index (χ1v) is 6.76. The summed E-state index contributed by atoms with van der Waals surface area (Å²) in [4.78, 5) is 2.47. The van der Waals surface area contributed by atoms with Crippen LogP contribution in [-0.4, -0.2) is 29.6 Å². The fourth-order valence-electron chi connectivity index (χ4n) is 3.47. The largest absolute Gasteiger partial charge is 0.506 e. The molecule has 3 rings (SSSR count). The van der Waals surface area contributed by atoms with Gasteiger partial charge in [0.2, 0.25) is 0 Å². The van der Waals surface area contributed by atoms with E-state index in [-0.39, 0.29) is 5.75 Å². The normalized spacial score (nSPS) is 28.6. The van der Waals surface area contributed by atoms with Crippen LogP contribution in [0.3, 0.4) is 0 Å². The van der Waals surface area contributed by atoms with Gasteiger partial charge in [0.1, 0.15) is 5.75 Å². The lowest BCUT2D eigenvalue weighted by Crippen LogP contribution is -2.32. The summed E-state index contributed by atoms with van der Waals surface area (Å²) in [5, 5.41) is 10.3. The first kappa shape index (κ1) is 11.4. The van der Waals surface area contributed by atoms with Crippen LogP contribution in [0.1, 0.15) is 36.3 Å². The predicted molar refractivity (Wildman–Crippen MR) is 69.8 cm³/mol. The quantitative estimate of drug-likeness (QED) is 0.766. The highest BCUT2D eigenvalue weighted by atomic mass is 35.5. The smallest absolute Gasteiger partial charge is 0.134 e. The lowest BCUT2D eigenvalue weighted by atomic mass is 9.90. The van der Waals surface area contributed by atoms with Gasteiger partial charge in [-0.15, -0.1) is 0 Å². The zero-order valence-electron chi connectivity index (χ0n) is 10.1. The van der Waals surface area contributed by atoms with Crippen LogP contribution in [0, 0.1) is 0 Å². The third-order valence-corrected chi connectivity index (χ3v) is 4.69. The van der Waals surface area contributed by atoms with E-state index in [0.717, 1.165) is 13.0 Å². The Labute approximate surface area is 107 Å². The van der Waals surface area contributed by atoms with Crippen LogP contribution >= 0.6 is 11.6 Å². The van der Waals surface area contributed by atoms with Crippen molar-refractivity contribution in [2.45, 2.75) is 37.6 Å². The van der Waals surface area contributed by atoms with Crippen molar-refractivity contribution >= 4 is 11.6 Å². The number of fused-ring (bicyclic) bond motifs is 3. The van der Waals surface area contributed by atoms with Gasteiger partial charge in [0.25, 0.3) is 0 Å². The minimum atomic E-state index is 0.237. The molecule has 0 saturated heterocycles. The molecule has 17 heavy (non-hydrogen) atoms. The zero-order chi connectivity index (χ0) is 12.0. The fraction of sp³-hybridized carbons (Fsp3) is 0.571. The SMILES string of the molecule is CN1CCc2cc(Cl)c(O)cc2C2CCCC21. The molecule has 0 aromatic heterocycles.